The first-order valence-corrected chi connectivity index (χ1v) is 15.6. The molecule has 2 heteroatoms. The molecular formula is C42H38O2. The van der Waals surface area contributed by atoms with Crippen LogP contribution in [0, 0.1) is 0 Å². The summed E-state index contributed by atoms with van der Waals surface area (Å²) in [6.45, 7) is 10.3. The van der Waals surface area contributed by atoms with Crippen LogP contribution in [0.1, 0.15) is 43.7 Å². The fourth-order valence-corrected chi connectivity index (χ4v) is 6.21. The summed E-state index contributed by atoms with van der Waals surface area (Å²) in [7, 11) is 0. The molecule has 0 saturated carbocycles. The van der Waals surface area contributed by atoms with Crippen molar-refractivity contribution in [1.29, 1.82) is 0 Å². The number of carbonyl (C=O) groups is 1. The standard InChI is InChI=1S/C42H38O2/c1-4-29(3)31-22-24-33(25-23-31)39-28-41-36-16-10-8-14-34(36)38(27-40(41)37-17-11-9-15-35(37)39)32-20-18-30(19-21-32)13-7-6-12-26-44-42(43)5-2/h5,8-11,14-25,27-28H,2-4,6-7,12-13,26H2,1H3. The second-order valence-corrected chi connectivity index (χ2v) is 11.4. The van der Waals surface area contributed by atoms with Crippen molar-refractivity contribution in [1.82, 2.24) is 0 Å². The third-order valence-electron chi connectivity index (χ3n) is 8.70. The van der Waals surface area contributed by atoms with Crippen LogP contribution in [0.25, 0.3) is 60.1 Å². The van der Waals surface area contributed by atoms with E-state index < -0.39 is 0 Å². The maximum atomic E-state index is 11.2. The number of fused-ring (bicyclic) bond motifs is 5. The maximum absolute atomic E-state index is 11.2. The second kappa shape index (κ2) is 13.1. The lowest BCUT2D eigenvalue weighted by Gasteiger charge is -2.16. The van der Waals surface area contributed by atoms with Crippen molar-refractivity contribution < 1.29 is 9.53 Å². The summed E-state index contributed by atoms with van der Waals surface area (Å²) in [4.78, 5) is 11.2. The number of unbranched alkanes of at least 4 members (excludes halogenated alkanes) is 2. The van der Waals surface area contributed by atoms with Gasteiger partial charge in [0.05, 0.1) is 6.61 Å². The fourth-order valence-electron chi connectivity index (χ4n) is 6.21. The van der Waals surface area contributed by atoms with Gasteiger partial charge in [0.1, 0.15) is 0 Å². The molecule has 0 saturated heterocycles. The van der Waals surface area contributed by atoms with Gasteiger partial charge in [0.25, 0.3) is 0 Å². The smallest absolute Gasteiger partial charge is 0.330 e. The molecule has 0 unspecified atom stereocenters. The Morgan fingerprint density at radius 3 is 1.70 bits per heavy atom. The quantitative estimate of drug-likeness (QED) is 0.0666. The summed E-state index contributed by atoms with van der Waals surface area (Å²) in [6, 6.07) is 40.3. The molecule has 0 aliphatic heterocycles. The van der Waals surface area contributed by atoms with Crippen molar-refractivity contribution in [3.8, 4) is 22.3 Å². The summed E-state index contributed by atoms with van der Waals surface area (Å²) in [5.41, 5.74) is 8.64. The molecule has 218 valence electrons. The van der Waals surface area contributed by atoms with E-state index in [1.54, 1.807) is 0 Å². The number of rotatable bonds is 11. The second-order valence-electron chi connectivity index (χ2n) is 11.4. The first kappa shape index (κ1) is 29.1. The third kappa shape index (κ3) is 5.94. The van der Waals surface area contributed by atoms with E-state index in [9.17, 15) is 4.79 Å². The van der Waals surface area contributed by atoms with Gasteiger partial charge in [-0.2, -0.15) is 0 Å². The van der Waals surface area contributed by atoms with Gasteiger partial charge >= 0.3 is 5.97 Å². The van der Waals surface area contributed by atoms with E-state index in [-0.39, 0.29) is 5.97 Å². The number of hydrogen-bond donors (Lipinski definition) is 0. The lowest BCUT2D eigenvalue weighted by molar-refractivity contribution is -0.137. The highest BCUT2D eigenvalue weighted by molar-refractivity contribution is 6.23. The Hall–Kier alpha value is -4.95. The van der Waals surface area contributed by atoms with Gasteiger partial charge in [0.2, 0.25) is 0 Å². The van der Waals surface area contributed by atoms with Crippen molar-refractivity contribution >= 4 is 43.9 Å². The number of allylic oxidation sites excluding steroid dienone is 1. The SMILES string of the molecule is C=CC(=O)OCCCCCc1ccc(-c2cc3c4ccccc4c(-c4ccc(C(=C)CC)cc4)cc3c3ccccc23)cc1. The molecule has 44 heavy (non-hydrogen) atoms. The van der Waals surface area contributed by atoms with Crippen molar-refractivity contribution in [3.05, 3.63) is 140 Å². The zero-order valence-electron chi connectivity index (χ0n) is 25.4. The first-order valence-electron chi connectivity index (χ1n) is 15.6. The molecule has 0 amide bonds. The lowest BCUT2D eigenvalue weighted by atomic mass is 9.87. The van der Waals surface area contributed by atoms with Gasteiger partial charge in [-0.1, -0.05) is 117 Å². The monoisotopic (exact) mass is 574 g/mol. The summed E-state index contributed by atoms with van der Waals surface area (Å²) in [5, 5.41) is 7.61. The molecule has 0 atom stereocenters. The average Bonchev–Trinajstić information content (AvgIpc) is 3.09. The van der Waals surface area contributed by atoms with E-state index >= 15 is 0 Å². The Morgan fingerprint density at radius 2 is 1.18 bits per heavy atom. The summed E-state index contributed by atoms with van der Waals surface area (Å²) in [5.74, 6) is -0.348. The zero-order chi connectivity index (χ0) is 30.5. The van der Waals surface area contributed by atoms with E-state index in [1.807, 2.05) is 0 Å². The lowest BCUT2D eigenvalue weighted by Crippen LogP contribution is -2.01. The van der Waals surface area contributed by atoms with Crippen LogP contribution in [-0.4, -0.2) is 12.6 Å². The normalized spacial score (nSPS) is 11.2. The fraction of sp³-hybridized carbons (Fsp3) is 0.167. The first-order chi connectivity index (χ1) is 21.6. The molecule has 0 radical (unpaired) electrons. The van der Waals surface area contributed by atoms with Crippen LogP contribution < -0.4 is 0 Å². The molecule has 0 aromatic heterocycles. The van der Waals surface area contributed by atoms with Gasteiger partial charge < -0.3 is 4.74 Å². The minimum absolute atomic E-state index is 0.348. The van der Waals surface area contributed by atoms with E-state index in [4.69, 9.17) is 4.74 Å². The maximum Gasteiger partial charge on any atom is 0.330 e. The molecule has 6 aromatic carbocycles. The third-order valence-corrected chi connectivity index (χ3v) is 8.70. The highest BCUT2D eigenvalue weighted by Gasteiger charge is 2.14. The van der Waals surface area contributed by atoms with Crippen LogP contribution in [0.2, 0.25) is 0 Å². The van der Waals surface area contributed by atoms with Crippen LogP contribution >= 0.6 is 0 Å². The van der Waals surface area contributed by atoms with E-state index in [0.717, 1.165) is 37.7 Å². The molecule has 0 fully saturated rings. The average molecular weight is 575 g/mol. The molecular weight excluding hydrogens is 536 g/mol. The molecule has 0 N–H and O–H groups in total. The largest absolute Gasteiger partial charge is 0.463 e. The van der Waals surface area contributed by atoms with Crippen LogP contribution in [0.3, 0.4) is 0 Å². The molecule has 0 bridgehead atoms. The van der Waals surface area contributed by atoms with Gasteiger partial charge in [-0.3, -0.25) is 0 Å². The number of carbonyl (C=O) groups excluding carboxylic acids is 1. The van der Waals surface area contributed by atoms with Gasteiger partial charge in [-0.15, -0.1) is 0 Å². The number of hydrogen-bond acceptors (Lipinski definition) is 2. The molecule has 6 rings (SSSR count). The molecule has 0 aliphatic carbocycles. The number of esters is 1. The van der Waals surface area contributed by atoms with E-state index in [0.29, 0.717) is 6.61 Å². The van der Waals surface area contributed by atoms with E-state index in [2.05, 4.69) is 129 Å². The van der Waals surface area contributed by atoms with Gasteiger partial charge in [0.15, 0.2) is 0 Å². The molecule has 2 nitrogen and oxygen atoms in total. The highest BCUT2D eigenvalue weighted by Crippen LogP contribution is 2.42. The van der Waals surface area contributed by atoms with Crippen molar-refractivity contribution in [2.24, 2.45) is 0 Å². The summed E-state index contributed by atoms with van der Waals surface area (Å²) in [6.07, 6.45) is 6.13. The molecule has 6 aromatic rings. The van der Waals surface area contributed by atoms with E-state index in [1.165, 1.54) is 71.8 Å². The van der Waals surface area contributed by atoms with Crippen LogP contribution in [0.5, 0.6) is 0 Å². The minimum Gasteiger partial charge on any atom is -0.463 e. The highest BCUT2D eigenvalue weighted by atomic mass is 16.5. The van der Waals surface area contributed by atoms with Crippen LogP contribution in [-0.2, 0) is 16.0 Å². The summed E-state index contributed by atoms with van der Waals surface area (Å²) < 4.78 is 5.09. The predicted molar refractivity (Wildman–Crippen MR) is 188 cm³/mol. The Bertz CT molecular complexity index is 1980. The Kier molecular flexibility index (Phi) is 8.70. The predicted octanol–water partition coefficient (Wildman–Crippen LogP) is 11.3. The number of aryl methyl sites for hydroxylation is 1. The summed E-state index contributed by atoms with van der Waals surface area (Å²) >= 11 is 0. The molecule has 0 spiro atoms. The van der Waals surface area contributed by atoms with Crippen LogP contribution in [0.4, 0.5) is 0 Å². The van der Waals surface area contributed by atoms with Crippen molar-refractivity contribution in [2.75, 3.05) is 6.61 Å². The topological polar surface area (TPSA) is 26.3 Å². The minimum atomic E-state index is -0.348. The molecule has 0 aliphatic rings. The van der Waals surface area contributed by atoms with Gasteiger partial charge in [-0.05, 0) is 116 Å². The number of ether oxygens (including phenoxy) is 1. The van der Waals surface area contributed by atoms with Gasteiger partial charge in [-0.25, -0.2) is 4.79 Å². The Morgan fingerprint density at radius 1 is 0.659 bits per heavy atom. The van der Waals surface area contributed by atoms with Gasteiger partial charge in [0, 0.05) is 6.08 Å². The van der Waals surface area contributed by atoms with Crippen LogP contribution in [0.15, 0.2) is 128 Å². The Balaban J connectivity index is 1.36. The zero-order valence-corrected chi connectivity index (χ0v) is 25.4. The van der Waals surface area contributed by atoms with Crippen molar-refractivity contribution in [3.63, 3.8) is 0 Å². The Labute approximate surface area is 260 Å². The van der Waals surface area contributed by atoms with Crippen molar-refractivity contribution in [2.45, 2.75) is 39.0 Å². The number of benzene rings is 6. The molecule has 0 heterocycles.